The van der Waals surface area contributed by atoms with Gasteiger partial charge in [-0.25, -0.2) is 12.7 Å². The molecule has 1 heterocycles. The van der Waals surface area contributed by atoms with Crippen LogP contribution in [0.3, 0.4) is 0 Å². The number of ether oxygens (including phenoxy) is 1. The van der Waals surface area contributed by atoms with Crippen LogP contribution in [0.2, 0.25) is 0 Å². The number of allylic oxidation sites excluding steroid dienone is 2. The molecule has 1 aliphatic carbocycles. The summed E-state index contributed by atoms with van der Waals surface area (Å²) in [6.07, 6.45) is 7.00. The summed E-state index contributed by atoms with van der Waals surface area (Å²) in [4.78, 5) is 11.8. The van der Waals surface area contributed by atoms with Gasteiger partial charge in [0, 0.05) is 20.0 Å². The van der Waals surface area contributed by atoms with Gasteiger partial charge in [0.05, 0.1) is 6.61 Å². The summed E-state index contributed by atoms with van der Waals surface area (Å²) in [6, 6.07) is 3.30. The highest BCUT2D eigenvalue weighted by molar-refractivity contribution is 7.91. The molecule has 0 saturated heterocycles. The SMILES string of the molecule is CC1CC=CCC1COC(=O)CCCN(C)S(=O)(=O)c1cccs1. The largest absolute Gasteiger partial charge is 0.465 e. The van der Waals surface area contributed by atoms with Gasteiger partial charge in [-0.15, -0.1) is 11.3 Å². The maximum Gasteiger partial charge on any atom is 0.305 e. The summed E-state index contributed by atoms with van der Waals surface area (Å²) in [6.45, 7) is 2.93. The first-order chi connectivity index (χ1) is 11.4. The average molecular weight is 372 g/mol. The maximum absolute atomic E-state index is 12.3. The number of carbonyl (C=O) groups excluding carboxylic acids is 1. The molecule has 1 aromatic heterocycles. The van der Waals surface area contributed by atoms with Crippen LogP contribution in [-0.4, -0.2) is 38.9 Å². The predicted molar refractivity (Wildman–Crippen MR) is 95.4 cm³/mol. The standard InChI is InChI=1S/C17H25NO4S2/c1-14-7-3-4-8-15(14)13-22-16(19)9-5-11-18(2)24(20,21)17-10-6-12-23-17/h3-4,6,10,12,14-15H,5,7-9,11,13H2,1-2H3. The molecule has 24 heavy (non-hydrogen) atoms. The third-order valence-corrected chi connectivity index (χ3v) is 7.62. The van der Waals surface area contributed by atoms with E-state index in [2.05, 4.69) is 19.1 Å². The van der Waals surface area contributed by atoms with Crippen molar-refractivity contribution in [3.63, 3.8) is 0 Å². The van der Waals surface area contributed by atoms with Crippen LogP contribution >= 0.6 is 11.3 Å². The van der Waals surface area contributed by atoms with Gasteiger partial charge >= 0.3 is 5.97 Å². The molecule has 5 nitrogen and oxygen atoms in total. The van der Waals surface area contributed by atoms with Gasteiger partial charge in [0.2, 0.25) is 0 Å². The summed E-state index contributed by atoms with van der Waals surface area (Å²) in [5.41, 5.74) is 0. The highest BCUT2D eigenvalue weighted by Gasteiger charge is 2.22. The Hall–Kier alpha value is -1.18. The van der Waals surface area contributed by atoms with Crippen LogP contribution in [-0.2, 0) is 19.6 Å². The highest BCUT2D eigenvalue weighted by Crippen LogP contribution is 2.25. The Morgan fingerprint density at radius 1 is 1.38 bits per heavy atom. The van der Waals surface area contributed by atoms with Gasteiger partial charge < -0.3 is 4.74 Å². The number of nitrogens with zero attached hydrogens (tertiary/aromatic N) is 1. The fourth-order valence-electron chi connectivity index (χ4n) is 2.64. The van der Waals surface area contributed by atoms with Crippen molar-refractivity contribution >= 4 is 27.3 Å². The van der Waals surface area contributed by atoms with Crippen molar-refractivity contribution in [2.45, 2.75) is 36.8 Å². The van der Waals surface area contributed by atoms with E-state index in [4.69, 9.17) is 4.74 Å². The first kappa shape index (κ1) is 19.1. The van der Waals surface area contributed by atoms with E-state index < -0.39 is 10.0 Å². The average Bonchev–Trinajstić information content (AvgIpc) is 3.09. The maximum atomic E-state index is 12.3. The molecule has 1 aromatic rings. The second kappa shape index (κ2) is 8.78. The number of hydrogen-bond acceptors (Lipinski definition) is 5. The number of sulfonamides is 1. The molecule has 1 aliphatic rings. The van der Waals surface area contributed by atoms with E-state index >= 15 is 0 Å². The Morgan fingerprint density at radius 3 is 2.79 bits per heavy atom. The van der Waals surface area contributed by atoms with Crippen LogP contribution in [0.15, 0.2) is 33.9 Å². The molecule has 2 unspecified atom stereocenters. The second-order valence-corrected chi connectivity index (χ2v) is 9.44. The molecular formula is C17H25NO4S2. The van der Waals surface area contributed by atoms with Crippen molar-refractivity contribution in [1.29, 1.82) is 0 Å². The quantitative estimate of drug-likeness (QED) is 0.520. The summed E-state index contributed by atoms with van der Waals surface area (Å²) >= 11 is 1.20. The molecule has 7 heteroatoms. The van der Waals surface area contributed by atoms with Gasteiger partial charge in [-0.2, -0.15) is 0 Å². The fraction of sp³-hybridized carbons (Fsp3) is 0.588. The molecule has 134 valence electrons. The molecule has 0 spiro atoms. The molecule has 0 bridgehead atoms. The van der Waals surface area contributed by atoms with E-state index in [9.17, 15) is 13.2 Å². The molecule has 2 atom stereocenters. The lowest BCUT2D eigenvalue weighted by molar-refractivity contribution is -0.145. The molecule has 0 saturated carbocycles. The van der Waals surface area contributed by atoms with E-state index in [0.717, 1.165) is 12.8 Å². The molecular weight excluding hydrogens is 346 g/mol. The summed E-state index contributed by atoms with van der Waals surface area (Å²) in [5.74, 6) is 0.671. The topological polar surface area (TPSA) is 63.7 Å². The Labute approximate surface area is 148 Å². The van der Waals surface area contributed by atoms with E-state index in [1.807, 2.05) is 0 Å². The monoisotopic (exact) mass is 371 g/mol. The van der Waals surface area contributed by atoms with Gasteiger partial charge in [0.15, 0.2) is 0 Å². The van der Waals surface area contributed by atoms with Crippen molar-refractivity contribution in [3.8, 4) is 0 Å². The summed E-state index contributed by atoms with van der Waals surface area (Å²) < 4.78 is 31.5. The normalized spacial score (nSPS) is 21.1. The highest BCUT2D eigenvalue weighted by atomic mass is 32.2. The van der Waals surface area contributed by atoms with Crippen LogP contribution < -0.4 is 0 Å². The predicted octanol–water partition coefficient (Wildman–Crippen LogP) is 3.29. The Morgan fingerprint density at radius 2 is 2.12 bits per heavy atom. The molecule has 0 aromatic carbocycles. The van der Waals surface area contributed by atoms with Crippen molar-refractivity contribution in [1.82, 2.24) is 4.31 Å². The van der Waals surface area contributed by atoms with Crippen LogP contribution in [0.25, 0.3) is 0 Å². The minimum absolute atomic E-state index is 0.237. The van der Waals surface area contributed by atoms with E-state index in [1.54, 1.807) is 17.5 Å². The van der Waals surface area contributed by atoms with Crippen LogP contribution in [0, 0.1) is 11.8 Å². The molecule has 0 N–H and O–H groups in total. The van der Waals surface area contributed by atoms with E-state index in [1.165, 1.54) is 22.7 Å². The Balaban J connectivity index is 1.70. The van der Waals surface area contributed by atoms with Crippen LogP contribution in [0.4, 0.5) is 0 Å². The second-order valence-electron chi connectivity index (χ2n) is 6.23. The zero-order valence-electron chi connectivity index (χ0n) is 14.2. The Kier molecular flexibility index (Phi) is 7.01. The van der Waals surface area contributed by atoms with Crippen LogP contribution in [0.5, 0.6) is 0 Å². The van der Waals surface area contributed by atoms with Gasteiger partial charge in [-0.05, 0) is 42.5 Å². The molecule has 0 amide bonds. The van der Waals surface area contributed by atoms with Crippen LogP contribution in [0.1, 0.15) is 32.6 Å². The first-order valence-electron chi connectivity index (χ1n) is 8.21. The smallest absolute Gasteiger partial charge is 0.305 e. The number of thiophene rings is 1. The zero-order valence-corrected chi connectivity index (χ0v) is 15.8. The number of rotatable bonds is 8. The van der Waals surface area contributed by atoms with Crippen molar-refractivity contribution in [2.24, 2.45) is 11.8 Å². The Bertz CT molecular complexity index is 652. The number of carbonyl (C=O) groups is 1. The molecule has 0 fully saturated rings. The van der Waals surface area contributed by atoms with Gasteiger partial charge in [0.1, 0.15) is 4.21 Å². The molecule has 2 rings (SSSR count). The number of esters is 1. The molecule has 0 aliphatic heterocycles. The fourth-order valence-corrected chi connectivity index (χ4v) is 5.05. The van der Waals surface area contributed by atoms with Gasteiger partial charge in [0.25, 0.3) is 10.0 Å². The summed E-state index contributed by atoms with van der Waals surface area (Å²) in [7, 11) is -1.90. The lowest BCUT2D eigenvalue weighted by atomic mass is 9.85. The third-order valence-electron chi connectivity index (χ3n) is 4.39. The third kappa shape index (κ3) is 5.16. The van der Waals surface area contributed by atoms with Gasteiger partial charge in [-0.3, -0.25) is 4.79 Å². The van der Waals surface area contributed by atoms with E-state index in [0.29, 0.717) is 35.6 Å². The zero-order chi connectivity index (χ0) is 17.6. The first-order valence-corrected chi connectivity index (χ1v) is 10.5. The van der Waals surface area contributed by atoms with Crippen molar-refractivity contribution in [2.75, 3.05) is 20.2 Å². The summed E-state index contributed by atoms with van der Waals surface area (Å²) in [5, 5.41) is 1.74. The minimum atomic E-state index is -3.44. The minimum Gasteiger partial charge on any atom is -0.465 e. The lowest BCUT2D eigenvalue weighted by Crippen LogP contribution is -2.28. The van der Waals surface area contributed by atoms with Crippen molar-refractivity contribution in [3.05, 3.63) is 29.7 Å². The molecule has 0 radical (unpaired) electrons. The lowest BCUT2D eigenvalue weighted by Gasteiger charge is -2.24. The van der Waals surface area contributed by atoms with E-state index in [-0.39, 0.29) is 12.4 Å². The van der Waals surface area contributed by atoms with Crippen molar-refractivity contribution < 1.29 is 17.9 Å². The van der Waals surface area contributed by atoms with Gasteiger partial charge in [-0.1, -0.05) is 25.1 Å². The number of hydrogen-bond donors (Lipinski definition) is 0.